The van der Waals surface area contributed by atoms with Gasteiger partial charge in [-0.15, -0.1) is 0 Å². The fraction of sp³-hybridized carbons (Fsp3) is 0.647. The molecule has 0 aromatic heterocycles. The van der Waals surface area contributed by atoms with Crippen molar-refractivity contribution in [3.63, 3.8) is 0 Å². The van der Waals surface area contributed by atoms with E-state index in [0.717, 1.165) is 38.6 Å². The number of hydrogen-bond acceptors (Lipinski definition) is 1. The van der Waals surface area contributed by atoms with Gasteiger partial charge in [0.2, 0.25) is 0 Å². The molecule has 1 aromatic carbocycles. The second kappa shape index (κ2) is 9.06. The highest BCUT2D eigenvalue weighted by Gasteiger charge is 2.24. The van der Waals surface area contributed by atoms with E-state index < -0.39 is 0 Å². The lowest BCUT2D eigenvalue weighted by Gasteiger charge is -2.28. The number of rotatable bonds is 9. The molecule has 0 saturated heterocycles. The van der Waals surface area contributed by atoms with Crippen LogP contribution in [-0.2, 0) is 0 Å². The number of benzene rings is 1. The van der Waals surface area contributed by atoms with Crippen LogP contribution in [0.3, 0.4) is 0 Å². The van der Waals surface area contributed by atoms with Gasteiger partial charge in [-0.25, -0.2) is 8.78 Å². The molecule has 0 aliphatic carbocycles. The third-order valence-electron chi connectivity index (χ3n) is 3.83. The Morgan fingerprint density at radius 2 is 1.85 bits per heavy atom. The smallest absolute Gasteiger partial charge is 0.128 e. The van der Waals surface area contributed by atoms with Crippen LogP contribution in [0.1, 0.15) is 64.5 Å². The van der Waals surface area contributed by atoms with E-state index in [1.54, 1.807) is 0 Å². The predicted octanol–water partition coefficient (Wildman–Crippen LogP) is 5.22. The maximum atomic E-state index is 14.1. The molecule has 0 aliphatic rings. The molecule has 114 valence electrons. The average Bonchev–Trinajstić information content (AvgIpc) is 2.45. The van der Waals surface area contributed by atoms with Crippen LogP contribution in [0, 0.1) is 17.6 Å². The van der Waals surface area contributed by atoms with E-state index in [0.29, 0.717) is 11.5 Å². The van der Waals surface area contributed by atoms with Crippen LogP contribution < -0.4 is 5.32 Å². The van der Waals surface area contributed by atoms with Crippen LogP contribution in [0.25, 0.3) is 0 Å². The van der Waals surface area contributed by atoms with Gasteiger partial charge in [-0.05, 0) is 43.5 Å². The lowest BCUT2D eigenvalue weighted by Crippen LogP contribution is -2.30. The van der Waals surface area contributed by atoms with Gasteiger partial charge in [0.05, 0.1) is 0 Å². The molecule has 1 aromatic rings. The molecular weight excluding hydrogens is 256 g/mol. The molecule has 0 saturated carbocycles. The van der Waals surface area contributed by atoms with Gasteiger partial charge in [0.15, 0.2) is 0 Å². The number of unbranched alkanes of at least 4 members (excludes halogenated alkanes) is 1. The van der Waals surface area contributed by atoms with E-state index in [9.17, 15) is 8.78 Å². The van der Waals surface area contributed by atoms with Crippen molar-refractivity contribution in [2.24, 2.45) is 5.92 Å². The molecular formula is C17H27F2N. The van der Waals surface area contributed by atoms with Crippen molar-refractivity contribution in [1.29, 1.82) is 0 Å². The zero-order valence-electron chi connectivity index (χ0n) is 12.9. The Kier molecular flexibility index (Phi) is 7.75. The van der Waals surface area contributed by atoms with E-state index in [-0.39, 0.29) is 17.7 Å². The van der Waals surface area contributed by atoms with Gasteiger partial charge < -0.3 is 5.32 Å². The number of halogens is 2. The standard InChI is InChI=1S/C17H27F2N/c1-4-7-8-13(6-3)17(20-11-5-2)15-12-14(18)9-10-16(15)19/h9-10,12-13,17,20H,4-8,11H2,1-3H3. The molecule has 1 rings (SSSR count). The molecule has 20 heavy (non-hydrogen) atoms. The second-order valence-corrected chi connectivity index (χ2v) is 5.41. The first-order chi connectivity index (χ1) is 9.63. The molecule has 1 N–H and O–H groups in total. The zero-order chi connectivity index (χ0) is 15.0. The lowest BCUT2D eigenvalue weighted by molar-refractivity contribution is 0.315. The van der Waals surface area contributed by atoms with E-state index in [1.807, 2.05) is 0 Å². The fourth-order valence-electron chi connectivity index (χ4n) is 2.66. The fourth-order valence-corrected chi connectivity index (χ4v) is 2.66. The van der Waals surface area contributed by atoms with Gasteiger partial charge >= 0.3 is 0 Å². The molecule has 0 aliphatic heterocycles. The maximum absolute atomic E-state index is 14.1. The molecule has 0 amide bonds. The number of nitrogens with one attached hydrogen (secondary N) is 1. The van der Waals surface area contributed by atoms with Crippen molar-refractivity contribution in [3.8, 4) is 0 Å². The van der Waals surface area contributed by atoms with Gasteiger partial charge in [0.25, 0.3) is 0 Å². The van der Waals surface area contributed by atoms with Gasteiger partial charge in [0, 0.05) is 11.6 Å². The molecule has 1 nitrogen and oxygen atoms in total. The second-order valence-electron chi connectivity index (χ2n) is 5.41. The molecule has 0 bridgehead atoms. The summed E-state index contributed by atoms with van der Waals surface area (Å²) >= 11 is 0. The molecule has 3 heteroatoms. The topological polar surface area (TPSA) is 12.0 Å². The highest BCUT2D eigenvalue weighted by Crippen LogP contribution is 2.31. The average molecular weight is 283 g/mol. The molecule has 0 fully saturated rings. The molecule has 2 unspecified atom stereocenters. The van der Waals surface area contributed by atoms with E-state index in [1.165, 1.54) is 18.2 Å². The van der Waals surface area contributed by atoms with Crippen molar-refractivity contribution in [3.05, 3.63) is 35.4 Å². The Hall–Kier alpha value is -0.960. The summed E-state index contributed by atoms with van der Waals surface area (Å²) in [7, 11) is 0. The molecule has 0 spiro atoms. The first-order valence-electron chi connectivity index (χ1n) is 7.82. The first-order valence-corrected chi connectivity index (χ1v) is 7.82. The SMILES string of the molecule is CCCCC(CC)C(NCCC)c1cc(F)ccc1F. The molecule has 0 heterocycles. The van der Waals surface area contributed by atoms with E-state index >= 15 is 0 Å². The van der Waals surface area contributed by atoms with Crippen LogP contribution in [0.2, 0.25) is 0 Å². The monoisotopic (exact) mass is 283 g/mol. The third-order valence-corrected chi connectivity index (χ3v) is 3.83. The highest BCUT2D eigenvalue weighted by atomic mass is 19.1. The van der Waals surface area contributed by atoms with Crippen LogP contribution in [0.15, 0.2) is 18.2 Å². The van der Waals surface area contributed by atoms with Crippen LogP contribution in [0.5, 0.6) is 0 Å². The van der Waals surface area contributed by atoms with Crippen LogP contribution in [-0.4, -0.2) is 6.54 Å². The Labute approximate surface area is 121 Å². The van der Waals surface area contributed by atoms with Gasteiger partial charge in [-0.3, -0.25) is 0 Å². The summed E-state index contributed by atoms with van der Waals surface area (Å²) in [5.41, 5.74) is 0.474. The van der Waals surface area contributed by atoms with Gasteiger partial charge in [-0.1, -0.05) is 40.0 Å². The van der Waals surface area contributed by atoms with Crippen LogP contribution >= 0.6 is 0 Å². The molecule has 0 radical (unpaired) electrons. The third kappa shape index (κ3) is 4.86. The maximum Gasteiger partial charge on any atom is 0.128 e. The van der Waals surface area contributed by atoms with Crippen LogP contribution in [0.4, 0.5) is 8.78 Å². The van der Waals surface area contributed by atoms with Gasteiger partial charge in [-0.2, -0.15) is 0 Å². The largest absolute Gasteiger partial charge is 0.310 e. The predicted molar refractivity (Wildman–Crippen MR) is 80.7 cm³/mol. The summed E-state index contributed by atoms with van der Waals surface area (Å²) in [4.78, 5) is 0. The molecule has 2 atom stereocenters. The summed E-state index contributed by atoms with van der Waals surface area (Å²) < 4.78 is 27.5. The minimum Gasteiger partial charge on any atom is -0.310 e. The van der Waals surface area contributed by atoms with Crippen molar-refractivity contribution < 1.29 is 8.78 Å². The summed E-state index contributed by atoms with van der Waals surface area (Å²) in [6, 6.07) is 3.67. The van der Waals surface area contributed by atoms with E-state index in [4.69, 9.17) is 0 Å². The summed E-state index contributed by atoms with van der Waals surface area (Å²) in [5, 5.41) is 3.41. The minimum atomic E-state index is -0.366. The van der Waals surface area contributed by atoms with E-state index in [2.05, 4.69) is 26.1 Å². The zero-order valence-corrected chi connectivity index (χ0v) is 12.9. The Balaban J connectivity index is 2.99. The first kappa shape index (κ1) is 17.1. The Bertz CT molecular complexity index is 393. The van der Waals surface area contributed by atoms with Crippen molar-refractivity contribution in [1.82, 2.24) is 5.32 Å². The Morgan fingerprint density at radius 3 is 2.45 bits per heavy atom. The normalized spacial score (nSPS) is 14.2. The Morgan fingerprint density at radius 1 is 1.10 bits per heavy atom. The van der Waals surface area contributed by atoms with Gasteiger partial charge in [0.1, 0.15) is 11.6 Å². The highest BCUT2D eigenvalue weighted by molar-refractivity contribution is 5.23. The summed E-state index contributed by atoms with van der Waals surface area (Å²) in [6.45, 7) is 7.18. The lowest BCUT2D eigenvalue weighted by atomic mass is 9.86. The van der Waals surface area contributed by atoms with Crippen molar-refractivity contribution in [2.75, 3.05) is 6.54 Å². The minimum absolute atomic E-state index is 0.0952. The summed E-state index contributed by atoms with van der Waals surface area (Å²) in [5.74, 6) is -0.331. The van der Waals surface area contributed by atoms with Crippen molar-refractivity contribution in [2.45, 2.75) is 58.9 Å². The van der Waals surface area contributed by atoms with Crippen molar-refractivity contribution >= 4 is 0 Å². The number of hydrogen-bond donors (Lipinski definition) is 1. The summed E-state index contributed by atoms with van der Waals surface area (Å²) in [6.07, 6.45) is 5.25. The quantitative estimate of drug-likeness (QED) is 0.655.